The van der Waals surface area contributed by atoms with Crippen molar-refractivity contribution in [1.82, 2.24) is 0 Å². The molecule has 0 aliphatic carbocycles. The number of hydrogen-bond donors (Lipinski definition) is 0. The van der Waals surface area contributed by atoms with Crippen LogP contribution in [0.4, 0.5) is 4.39 Å². The minimum atomic E-state index is -0.371. The van der Waals surface area contributed by atoms with Crippen LogP contribution >= 0.6 is 15.9 Å². The molecule has 0 fully saturated rings. The Morgan fingerprint density at radius 1 is 1.17 bits per heavy atom. The maximum Gasteiger partial charge on any atom is 0.162 e. The Balaban J connectivity index is 2.30. The molecule has 1 aromatic rings. The fourth-order valence-electron chi connectivity index (χ4n) is 1.88. The maximum atomic E-state index is 13.3. The monoisotopic (exact) mass is 314 g/mol. The van der Waals surface area contributed by atoms with Gasteiger partial charge < -0.3 is 0 Å². The molecule has 1 nitrogen and oxygen atoms in total. The highest BCUT2D eigenvalue weighted by Crippen LogP contribution is 2.18. The number of halogens is 2. The lowest BCUT2D eigenvalue weighted by atomic mass is 10.0. The van der Waals surface area contributed by atoms with Gasteiger partial charge in [0.15, 0.2) is 5.78 Å². The molecular formula is C15H20BrFO. The van der Waals surface area contributed by atoms with Crippen molar-refractivity contribution in [2.75, 3.05) is 0 Å². The predicted octanol–water partition coefficient (Wildman–Crippen LogP) is 5.52. The van der Waals surface area contributed by atoms with Crippen LogP contribution in [0.15, 0.2) is 22.7 Å². The third kappa shape index (κ3) is 5.30. The van der Waals surface area contributed by atoms with Crippen LogP contribution in [-0.2, 0) is 0 Å². The molecule has 0 aliphatic rings. The number of hydrogen-bond acceptors (Lipinski definition) is 1. The van der Waals surface area contributed by atoms with Crippen molar-refractivity contribution in [3.05, 3.63) is 34.1 Å². The Morgan fingerprint density at radius 3 is 2.50 bits per heavy atom. The van der Waals surface area contributed by atoms with Crippen LogP contribution in [0.25, 0.3) is 0 Å². The lowest BCUT2D eigenvalue weighted by Gasteiger charge is -2.03. The largest absolute Gasteiger partial charge is 0.294 e. The van der Waals surface area contributed by atoms with E-state index in [1.165, 1.54) is 31.7 Å². The van der Waals surface area contributed by atoms with E-state index in [0.29, 0.717) is 16.5 Å². The van der Waals surface area contributed by atoms with Gasteiger partial charge >= 0.3 is 0 Å². The summed E-state index contributed by atoms with van der Waals surface area (Å²) in [6.45, 7) is 2.19. The highest BCUT2D eigenvalue weighted by Gasteiger charge is 2.08. The van der Waals surface area contributed by atoms with Crippen molar-refractivity contribution in [1.29, 1.82) is 0 Å². The molecule has 0 saturated heterocycles. The van der Waals surface area contributed by atoms with Crippen LogP contribution in [0.3, 0.4) is 0 Å². The quantitative estimate of drug-likeness (QED) is 0.456. The first kappa shape index (κ1) is 15.4. The van der Waals surface area contributed by atoms with Crippen molar-refractivity contribution in [3.8, 4) is 0 Å². The van der Waals surface area contributed by atoms with Crippen molar-refractivity contribution >= 4 is 21.7 Å². The molecule has 1 rings (SSSR count). The molecule has 18 heavy (non-hydrogen) atoms. The van der Waals surface area contributed by atoms with E-state index in [9.17, 15) is 9.18 Å². The van der Waals surface area contributed by atoms with Crippen LogP contribution in [0.1, 0.15) is 62.2 Å². The molecule has 3 heteroatoms. The molecular weight excluding hydrogens is 295 g/mol. The summed E-state index contributed by atoms with van der Waals surface area (Å²) in [5, 5.41) is 0. The number of Topliss-reactive ketones (excluding diaryl/α,β-unsaturated/α-hetero) is 1. The van der Waals surface area contributed by atoms with Gasteiger partial charge in [0.05, 0.1) is 4.47 Å². The highest BCUT2D eigenvalue weighted by atomic mass is 79.9. The number of carbonyl (C=O) groups is 1. The summed E-state index contributed by atoms with van der Waals surface area (Å²) in [5.41, 5.74) is 0.476. The standard InChI is InChI=1S/C15H20BrFO/c1-2-3-4-5-6-7-8-15(18)12-9-10-13(16)14(17)11-12/h9-11H,2-8H2,1H3. The second-order valence-electron chi connectivity index (χ2n) is 4.57. The average Bonchev–Trinajstić information content (AvgIpc) is 2.36. The van der Waals surface area contributed by atoms with Gasteiger partial charge in [-0.15, -0.1) is 0 Å². The smallest absolute Gasteiger partial charge is 0.162 e. The van der Waals surface area contributed by atoms with Crippen LogP contribution in [0, 0.1) is 5.82 Å². The van der Waals surface area contributed by atoms with Gasteiger partial charge in [0, 0.05) is 12.0 Å². The van der Waals surface area contributed by atoms with Crippen molar-refractivity contribution in [2.45, 2.75) is 51.9 Å². The summed E-state index contributed by atoms with van der Waals surface area (Å²) >= 11 is 3.08. The molecule has 0 unspecified atom stereocenters. The summed E-state index contributed by atoms with van der Waals surface area (Å²) in [7, 11) is 0. The lowest BCUT2D eigenvalue weighted by Crippen LogP contribution is -1.99. The Kier molecular flexibility index (Phi) is 7.18. The molecule has 1 aromatic carbocycles. The molecule has 0 heterocycles. The Hall–Kier alpha value is -0.700. The molecule has 0 N–H and O–H groups in total. The van der Waals surface area contributed by atoms with Gasteiger partial charge in [0.1, 0.15) is 5.82 Å². The SMILES string of the molecule is CCCCCCCCC(=O)c1ccc(Br)c(F)c1. The van der Waals surface area contributed by atoms with Gasteiger partial charge in [0.2, 0.25) is 0 Å². The van der Waals surface area contributed by atoms with Crippen molar-refractivity contribution in [2.24, 2.45) is 0 Å². The zero-order chi connectivity index (χ0) is 13.4. The maximum absolute atomic E-state index is 13.3. The summed E-state index contributed by atoms with van der Waals surface area (Å²) in [4.78, 5) is 11.8. The van der Waals surface area contributed by atoms with Crippen molar-refractivity contribution in [3.63, 3.8) is 0 Å². The van der Waals surface area contributed by atoms with E-state index < -0.39 is 0 Å². The summed E-state index contributed by atoms with van der Waals surface area (Å²) in [5.74, 6) is -0.333. The minimum Gasteiger partial charge on any atom is -0.294 e. The minimum absolute atomic E-state index is 0.0388. The van der Waals surface area contributed by atoms with Gasteiger partial charge in [0.25, 0.3) is 0 Å². The molecule has 0 amide bonds. The van der Waals surface area contributed by atoms with Gasteiger partial charge in [-0.25, -0.2) is 4.39 Å². The van der Waals surface area contributed by atoms with E-state index in [4.69, 9.17) is 0 Å². The van der Waals surface area contributed by atoms with Crippen LogP contribution in [0.5, 0.6) is 0 Å². The average molecular weight is 315 g/mol. The molecule has 0 aliphatic heterocycles. The van der Waals surface area contributed by atoms with Gasteiger partial charge in [-0.3, -0.25) is 4.79 Å². The van der Waals surface area contributed by atoms with Crippen LogP contribution < -0.4 is 0 Å². The number of unbranched alkanes of at least 4 members (excludes halogenated alkanes) is 5. The highest BCUT2D eigenvalue weighted by molar-refractivity contribution is 9.10. The molecule has 100 valence electrons. The van der Waals surface area contributed by atoms with E-state index in [0.717, 1.165) is 12.8 Å². The molecule has 0 bridgehead atoms. The van der Waals surface area contributed by atoms with E-state index in [-0.39, 0.29) is 11.6 Å². The lowest BCUT2D eigenvalue weighted by molar-refractivity contribution is 0.0978. The number of rotatable bonds is 8. The summed E-state index contributed by atoms with van der Waals surface area (Å²) in [6.07, 6.45) is 7.45. The predicted molar refractivity (Wildman–Crippen MR) is 76.4 cm³/mol. The Morgan fingerprint density at radius 2 is 1.83 bits per heavy atom. The Labute approximate surface area is 117 Å². The molecule has 0 aromatic heterocycles. The fourth-order valence-corrected chi connectivity index (χ4v) is 2.13. The number of ketones is 1. The second kappa shape index (κ2) is 8.41. The zero-order valence-corrected chi connectivity index (χ0v) is 12.4. The van der Waals surface area contributed by atoms with Crippen LogP contribution in [0.2, 0.25) is 0 Å². The normalized spacial score (nSPS) is 10.6. The van der Waals surface area contributed by atoms with Gasteiger partial charge in [-0.1, -0.05) is 45.1 Å². The molecule has 0 atom stereocenters. The first-order chi connectivity index (χ1) is 8.65. The summed E-state index contributed by atoms with van der Waals surface area (Å²) < 4.78 is 13.7. The van der Waals surface area contributed by atoms with Crippen molar-refractivity contribution < 1.29 is 9.18 Å². The van der Waals surface area contributed by atoms with E-state index >= 15 is 0 Å². The Bertz CT molecular complexity index is 390. The van der Waals surface area contributed by atoms with E-state index in [2.05, 4.69) is 22.9 Å². The first-order valence-electron chi connectivity index (χ1n) is 6.63. The van der Waals surface area contributed by atoms with Gasteiger partial charge in [-0.2, -0.15) is 0 Å². The third-order valence-electron chi connectivity index (χ3n) is 3.00. The zero-order valence-electron chi connectivity index (χ0n) is 10.8. The van der Waals surface area contributed by atoms with E-state index in [1.54, 1.807) is 12.1 Å². The molecule has 0 spiro atoms. The topological polar surface area (TPSA) is 17.1 Å². The first-order valence-corrected chi connectivity index (χ1v) is 7.42. The fraction of sp³-hybridized carbons (Fsp3) is 0.533. The van der Waals surface area contributed by atoms with E-state index in [1.807, 2.05) is 0 Å². The second-order valence-corrected chi connectivity index (χ2v) is 5.42. The molecule has 0 saturated carbocycles. The van der Waals surface area contributed by atoms with Crippen LogP contribution in [-0.4, -0.2) is 5.78 Å². The van der Waals surface area contributed by atoms with Gasteiger partial charge in [-0.05, 0) is 34.5 Å². The third-order valence-corrected chi connectivity index (χ3v) is 3.64. The number of carbonyl (C=O) groups excluding carboxylic acids is 1. The molecule has 0 radical (unpaired) electrons. The summed E-state index contributed by atoms with van der Waals surface area (Å²) in [6, 6.07) is 4.57. The number of benzene rings is 1.